The molecule has 5 saturated carbocycles. The van der Waals surface area contributed by atoms with Gasteiger partial charge in [-0.1, -0.05) is 0 Å². The van der Waals surface area contributed by atoms with Crippen LogP contribution in [0.5, 0.6) is 0 Å². The third-order valence-corrected chi connectivity index (χ3v) is 8.52. The van der Waals surface area contributed by atoms with Crippen molar-refractivity contribution in [2.75, 3.05) is 31.1 Å². The summed E-state index contributed by atoms with van der Waals surface area (Å²) in [6.07, 6.45) is 11.9. The van der Waals surface area contributed by atoms with Gasteiger partial charge in [-0.3, -0.25) is 4.90 Å². The van der Waals surface area contributed by atoms with Crippen molar-refractivity contribution in [2.24, 2.45) is 23.7 Å². The van der Waals surface area contributed by atoms with Gasteiger partial charge >= 0.3 is 0 Å². The summed E-state index contributed by atoms with van der Waals surface area (Å²) in [7, 11) is 0. The fraction of sp³-hybridized carbons (Fsp3) is 0.773. The first kappa shape index (κ1) is 16.1. The zero-order chi connectivity index (χ0) is 18.2. The summed E-state index contributed by atoms with van der Waals surface area (Å²) in [6, 6.07) is 3.18. The van der Waals surface area contributed by atoms with Gasteiger partial charge in [0.1, 0.15) is 6.33 Å². The Labute approximate surface area is 166 Å². The van der Waals surface area contributed by atoms with Gasteiger partial charge in [-0.25, -0.2) is 0 Å². The Kier molecular flexibility index (Phi) is 3.41. The van der Waals surface area contributed by atoms with Crippen LogP contribution in [0.2, 0.25) is 0 Å². The van der Waals surface area contributed by atoms with E-state index in [1.54, 1.807) is 12.7 Å². The molecule has 28 heavy (non-hydrogen) atoms. The lowest BCUT2D eigenvalue weighted by Crippen LogP contribution is -2.60. The van der Waals surface area contributed by atoms with Crippen molar-refractivity contribution >= 4 is 11.3 Å². The largest absolute Gasteiger partial charge is 0.366 e. The van der Waals surface area contributed by atoms with E-state index in [4.69, 9.17) is 5.10 Å². The predicted octanol–water partition coefficient (Wildman–Crippen LogP) is 2.95. The van der Waals surface area contributed by atoms with Gasteiger partial charge in [0.2, 0.25) is 5.65 Å². The lowest BCUT2D eigenvalue weighted by molar-refractivity contribution is -0.0665. The Morgan fingerprint density at radius 2 is 1.57 bits per heavy atom. The van der Waals surface area contributed by atoms with Gasteiger partial charge in [-0.2, -0.15) is 9.61 Å². The van der Waals surface area contributed by atoms with E-state index in [0.29, 0.717) is 5.92 Å². The van der Waals surface area contributed by atoms with E-state index in [9.17, 15) is 0 Å². The molecule has 4 bridgehead atoms. The standard InChI is InChI=1S/C22H30N6/c1-2-16(1)19-12-20(22-24-23-13-28(22)25-19)26-3-5-27(6-4-26)21-17-8-14-7-15(10-17)11-18(21)9-14/h12-18,21H,1-11H2. The molecular weight excluding hydrogens is 348 g/mol. The van der Waals surface area contributed by atoms with Crippen LogP contribution in [-0.2, 0) is 0 Å². The Hall–Kier alpha value is -1.69. The number of hydrogen-bond acceptors (Lipinski definition) is 5. The van der Waals surface area contributed by atoms with E-state index in [1.807, 2.05) is 4.52 Å². The van der Waals surface area contributed by atoms with Crippen LogP contribution < -0.4 is 4.90 Å². The number of anilines is 1. The number of aromatic nitrogens is 4. The number of fused-ring (bicyclic) bond motifs is 1. The van der Waals surface area contributed by atoms with Crippen LogP contribution in [0.3, 0.4) is 0 Å². The van der Waals surface area contributed by atoms with E-state index in [1.165, 1.54) is 63.0 Å². The molecule has 6 fully saturated rings. The minimum atomic E-state index is 0.653. The molecule has 148 valence electrons. The summed E-state index contributed by atoms with van der Waals surface area (Å²) in [6.45, 7) is 4.63. The van der Waals surface area contributed by atoms with E-state index in [2.05, 4.69) is 26.1 Å². The van der Waals surface area contributed by atoms with Gasteiger partial charge in [0.15, 0.2) is 0 Å². The van der Waals surface area contributed by atoms with Gasteiger partial charge in [-0.15, -0.1) is 10.2 Å². The van der Waals surface area contributed by atoms with Crippen LogP contribution >= 0.6 is 0 Å². The summed E-state index contributed by atoms with van der Waals surface area (Å²) in [5, 5.41) is 13.3. The fourth-order valence-electron chi connectivity index (χ4n) is 7.39. The normalized spacial score (nSPS) is 37.9. The second-order valence-corrected chi connectivity index (χ2v) is 10.3. The monoisotopic (exact) mass is 378 g/mol. The highest BCUT2D eigenvalue weighted by atomic mass is 15.4. The number of nitrogens with zero attached hydrogens (tertiary/aromatic N) is 6. The van der Waals surface area contributed by atoms with Crippen LogP contribution in [0.25, 0.3) is 5.65 Å². The van der Waals surface area contributed by atoms with Crippen molar-refractivity contribution in [2.45, 2.75) is 56.9 Å². The predicted molar refractivity (Wildman–Crippen MR) is 107 cm³/mol. The van der Waals surface area contributed by atoms with Crippen molar-refractivity contribution in [1.29, 1.82) is 0 Å². The Balaban J connectivity index is 1.12. The first-order chi connectivity index (χ1) is 13.8. The Morgan fingerprint density at radius 1 is 0.857 bits per heavy atom. The van der Waals surface area contributed by atoms with Gasteiger partial charge in [-0.05, 0) is 74.7 Å². The maximum Gasteiger partial charge on any atom is 0.200 e. The third-order valence-electron chi connectivity index (χ3n) is 8.52. The van der Waals surface area contributed by atoms with Crippen LogP contribution in [0.1, 0.15) is 56.6 Å². The molecule has 0 spiro atoms. The first-order valence-electron chi connectivity index (χ1n) is 11.5. The van der Waals surface area contributed by atoms with Crippen molar-refractivity contribution in [3.63, 3.8) is 0 Å². The van der Waals surface area contributed by atoms with Gasteiger partial charge in [0.25, 0.3) is 0 Å². The van der Waals surface area contributed by atoms with Gasteiger partial charge in [0, 0.05) is 38.1 Å². The summed E-state index contributed by atoms with van der Waals surface area (Å²) < 4.78 is 1.90. The summed E-state index contributed by atoms with van der Waals surface area (Å²) in [4.78, 5) is 5.41. The molecule has 0 atom stereocenters. The molecule has 0 aromatic carbocycles. The summed E-state index contributed by atoms with van der Waals surface area (Å²) in [5.74, 6) is 4.78. The molecule has 0 N–H and O–H groups in total. The molecule has 5 aliphatic carbocycles. The van der Waals surface area contributed by atoms with Crippen molar-refractivity contribution in [1.82, 2.24) is 24.7 Å². The van der Waals surface area contributed by atoms with E-state index in [-0.39, 0.29) is 0 Å². The average molecular weight is 379 g/mol. The highest BCUT2D eigenvalue weighted by Gasteiger charge is 2.50. The van der Waals surface area contributed by atoms with E-state index < -0.39 is 0 Å². The maximum absolute atomic E-state index is 4.75. The molecule has 6 nitrogen and oxygen atoms in total. The Bertz CT molecular complexity index is 866. The lowest BCUT2D eigenvalue weighted by Gasteiger charge is -2.58. The molecule has 2 aromatic heterocycles. The Morgan fingerprint density at radius 3 is 2.25 bits per heavy atom. The smallest absolute Gasteiger partial charge is 0.200 e. The number of hydrogen-bond donors (Lipinski definition) is 0. The highest BCUT2D eigenvalue weighted by Crippen LogP contribution is 2.55. The minimum absolute atomic E-state index is 0.653. The second-order valence-electron chi connectivity index (χ2n) is 10.3. The molecule has 3 heterocycles. The molecule has 0 unspecified atom stereocenters. The van der Waals surface area contributed by atoms with Crippen LogP contribution in [-0.4, -0.2) is 56.9 Å². The highest BCUT2D eigenvalue weighted by molar-refractivity contribution is 5.68. The van der Waals surface area contributed by atoms with Crippen LogP contribution in [0, 0.1) is 23.7 Å². The molecule has 6 heteroatoms. The molecule has 0 radical (unpaired) electrons. The molecular formula is C22H30N6. The second kappa shape index (κ2) is 5.91. The average Bonchev–Trinajstić information content (AvgIpc) is 3.44. The summed E-state index contributed by atoms with van der Waals surface area (Å²) >= 11 is 0. The lowest BCUT2D eigenvalue weighted by atomic mass is 9.54. The van der Waals surface area contributed by atoms with Crippen molar-refractivity contribution in [3.05, 3.63) is 18.1 Å². The van der Waals surface area contributed by atoms with E-state index >= 15 is 0 Å². The topological polar surface area (TPSA) is 49.6 Å². The molecule has 0 amide bonds. The molecule has 2 aromatic rings. The quantitative estimate of drug-likeness (QED) is 0.822. The number of piperazine rings is 1. The molecule has 8 rings (SSSR count). The molecule has 1 saturated heterocycles. The first-order valence-corrected chi connectivity index (χ1v) is 11.5. The molecule has 1 aliphatic heterocycles. The van der Waals surface area contributed by atoms with Crippen LogP contribution in [0.15, 0.2) is 12.4 Å². The molecule has 6 aliphatic rings. The van der Waals surface area contributed by atoms with Crippen LogP contribution in [0.4, 0.5) is 5.69 Å². The fourth-order valence-corrected chi connectivity index (χ4v) is 7.39. The third kappa shape index (κ3) is 2.46. The van der Waals surface area contributed by atoms with Gasteiger partial charge in [0.05, 0.1) is 11.4 Å². The maximum atomic E-state index is 4.75. The van der Waals surface area contributed by atoms with Gasteiger partial charge < -0.3 is 4.90 Å². The zero-order valence-electron chi connectivity index (χ0n) is 16.6. The minimum Gasteiger partial charge on any atom is -0.366 e. The zero-order valence-corrected chi connectivity index (χ0v) is 16.6. The van der Waals surface area contributed by atoms with E-state index in [0.717, 1.165) is 48.5 Å². The van der Waals surface area contributed by atoms with Crippen molar-refractivity contribution in [3.8, 4) is 0 Å². The number of rotatable bonds is 3. The summed E-state index contributed by atoms with van der Waals surface area (Å²) in [5.41, 5.74) is 3.40. The SMILES string of the molecule is c1c(C2CC2)nn2cnnc2c1N1CCN(C2C3CC4CC(C3)CC2C4)CC1. The van der Waals surface area contributed by atoms with Crippen molar-refractivity contribution < 1.29 is 0 Å².